The Morgan fingerprint density at radius 3 is 2.85 bits per heavy atom. The summed E-state index contributed by atoms with van der Waals surface area (Å²) in [4.78, 5) is 28.1. The summed E-state index contributed by atoms with van der Waals surface area (Å²) in [5.41, 5.74) is 3.42. The number of nitrogens with zero attached hydrogens (tertiary/aromatic N) is 1. The van der Waals surface area contributed by atoms with E-state index in [-0.39, 0.29) is 5.91 Å². The summed E-state index contributed by atoms with van der Waals surface area (Å²) in [6.45, 7) is 2.69. The zero-order valence-corrected chi connectivity index (χ0v) is 15.6. The van der Waals surface area contributed by atoms with Gasteiger partial charge in [-0.05, 0) is 49.6 Å². The zero-order chi connectivity index (χ0) is 18.5. The summed E-state index contributed by atoms with van der Waals surface area (Å²) in [7, 11) is 0. The number of thiophene rings is 1. The van der Waals surface area contributed by atoms with Crippen LogP contribution in [0.3, 0.4) is 0 Å². The van der Waals surface area contributed by atoms with E-state index in [2.05, 4.69) is 6.07 Å². The van der Waals surface area contributed by atoms with Gasteiger partial charge in [0.15, 0.2) is 0 Å². The lowest BCUT2D eigenvalue weighted by Gasteiger charge is -2.29. The quantitative estimate of drug-likeness (QED) is 0.444. The van der Waals surface area contributed by atoms with E-state index in [0.29, 0.717) is 22.4 Å². The van der Waals surface area contributed by atoms with Crippen molar-refractivity contribution in [2.24, 2.45) is 0 Å². The molecule has 27 heavy (non-hydrogen) atoms. The van der Waals surface area contributed by atoms with Crippen molar-refractivity contribution in [2.75, 3.05) is 11.4 Å². The van der Waals surface area contributed by atoms with Crippen LogP contribution in [0.1, 0.15) is 27.2 Å². The van der Waals surface area contributed by atoms with Gasteiger partial charge in [-0.25, -0.2) is 4.79 Å². The van der Waals surface area contributed by atoms with E-state index in [1.165, 1.54) is 16.9 Å². The number of amides is 1. The first-order valence-electron chi connectivity index (χ1n) is 8.98. The lowest BCUT2D eigenvalue weighted by molar-refractivity contribution is 0.0989. The molecule has 4 aromatic rings. The van der Waals surface area contributed by atoms with E-state index < -0.39 is 5.63 Å². The first-order valence-corrected chi connectivity index (χ1v) is 9.80. The second-order valence-corrected chi connectivity index (χ2v) is 7.98. The number of anilines is 1. The van der Waals surface area contributed by atoms with Gasteiger partial charge in [0.05, 0.1) is 15.0 Å². The molecule has 0 unspecified atom stereocenters. The van der Waals surface area contributed by atoms with Crippen molar-refractivity contribution in [3.63, 3.8) is 0 Å². The Hall–Kier alpha value is -2.92. The summed E-state index contributed by atoms with van der Waals surface area (Å²) < 4.78 is 6.27. The highest BCUT2D eigenvalue weighted by atomic mass is 32.1. The number of rotatable bonds is 1. The minimum absolute atomic E-state index is 0.0523. The molecule has 0 bridgehead atoms. The highest BCUT2D eigenvalue weighted by Gasteiger charge is 2.25. The van der Waals surface area contributed by atoms with Gasteiger partial charge >= 0.3 is 5.63 Å². The summed E-state index contributed by atoms with van der Waals surface area (Å²) in [6, 6.07) is 15.5. The van der Waals surface area contributed by atoms with Crippen molar-refractivity contribution in [3.8, 4) is 0 Å². The molecule has 2 aromatic heterocycles. The maximum atomic E-state index is 13.3. The molecule has 0 saturated heterocycles. The Morgan fingerprint density at radius 2 is 1.96 bits per heavy atom. The van der Waals surface area contributed by atoms with Crippen molar-refractivity contribution in [2.45, 2.75) is 19.8 Å². The smallest absolute Gasteiger partial charge is 0.345 e. The van der Waals surface area contributed by atoms with Gasteiger partial charge in [-0.15, -0.1) is 11.3 Å². The van der Waals surface area contributed by atoms with Crippen molar-refractivity contribution >= 4 is 44.0 Å². The van der Waals surface area contributed by atoms with Crippen LogP contribution in [0.2, 0.25) is 0 Å². The van der Waals surface area contributed by atoms with Crippen molar-refractivity contribution in [1.82, 2.24) is 0 Å². The Kier molecular flexibility index (Phi) is 3.65. The van der Waals surface area contributed by atoms with E-state index in [9.17, 15) is 9.59 Å². The average molecular weight is 375 g/mol. The van der Waals surface area contributed by atoms with Crippen LogP contribution < -0.4 is 10.5 Å². The first-order chi connectivity index (χ1) is 13.1. The van der Waals surface area contributed by atoms with E-state index in [1.807, 2.05) is 48.2 Å². The molecule has 0 spiro atoms. The Labute approximate surface area is 159 Å². The molecule has 5 heteroatoms. The second-order valence-electron chi connectivity index (χ2n) is 6.93. The number of benzene rings is 2. The standard InChI is InChI=1S/C22H17NO3S/c1-13-8-9-18-15(11-13)20-16(22(25)26-18)12-19(27-20)21(24)23-10-4-6-14-5-2-3-7-17(14)23/h2-3,5,7-9,11-12H,4,6,10H2,1H3. The predicted molar refractivity (Wildman–Crippen MR) is 109 cm³/mol. The topological polar surface area (TPSA) is 50.5 Å². The highest BCUT2D eigenvalue weighted by Crippen LogP contribution is 2.34. The Bertz CT molecular complexity index is 1270. The minimum Gasteiger partial charge on any atom is -0.422 e. The molecule has 0 radical (unpaired) electrons. The fourth-order valence-electron chi connectivity index (χ4n) is 3.79. The fraction of sp³-hybridized carbons (Fsp3) is 0.182. The van der Waals surface area contributed by atoms with Gasteiger partial charge in [-0.3, -0.25) is 4.79 Å². The fourth-order valence-corrected chi connectivity index (χ4v) is 4.91. The maximum absolute atomic E-state index is 13.3. The molecule has 4 nitrogen and oxygen atoms in total. The number of aryl methyl sites for hydroxylation is 2. The number of carbonyl (C=O) groups excluding carboxylic acids is 1. The van der Waals surface area contributed by atoms with Gasteiger partial charge in [-0.2, -0.15) is 0 Å². The number of para-hydroxylation sites is 1. The van der Waals surface area contributed by atoms with Gasteiger partial charge in [0.2, 0.25) is 0 Å². The normalized spacial score (nSPS) is 13.9. The van der Waals surface area contributed by atoms with E-state index >= 15 is 0 Å². The van der Waals surface area contributed by atoms with E-state index in [1.54, 1.807) is 6.07 Å². The molecule has 1 aliphatic heterocycles. The van der Waals surface area contributed by atoms with Crippen molar-refractivity contribution in [1.29, 1.82) is 0 Å². The zero-order valence-electron chi connectivity index (χ0n) is 14.8. The van der Waals surface area contributed by atoms with Crippen LogP contribution >= 0.6 is 11.3 Å². The molecule has 0 atom stereocenters. The molecule has 5 rings (SSSR count). The monoisotopic (exact) mass is 375 g/mol. The molecule has 1 amide bonds. The molecule has 0 saturated carbocycles. The van der Waals surface area contributed by atoms with Crippen molar-refractivity contribution in [3.05, 3.63) is 75.0 Å². The molecule has 1 aliphatic rings. The summed E-state index contributed by atoms with van der Waals surface area (Å²) in [5.74, 6) is -0.0523. The van der Waals surface area contributed by atoms with Crippen LogP contribution in [0.25, 0.3) is 21.1 Å². The maximum Gasteiger partial charge on any atom is 0.345 e. The number of hydrogen-bond donors (Lipinski definition) is 0. The summed E-state index contributed by atoms with van der Waals surface area (Å²) in [6.07, 6.45) is 1.93. The third-order valence-corrected chi connectivity index (χ3v) is 6.26. The van der Waals surface area contributed by atoms with Gasteiger partial charge in [-0.1, -0.05) is 29.8 Å². The van der Waals surface area contributed by atoms with Crippen LogP contribution in [0.5, 0.6) is 0 Å². The van der Waals surface area contributed by atoms with E-state index in [0.717, 1.165) is 34.2 Å². The molecule has 134 valence electrons. The minimum atomic E-state index is -0.393. The third-order valence-electron chi connectivity index (χ3n) is 5.10. The number of hydrogen-bond acceptors (Lipinski definition) is 4. The largest absolute Gasteiger partial charge is 0.422 e. The number of carbonyl (C=O) groups is 1. The first kappa shape index (κ1) is 16.3. The summed E-state index contributed by atoms with van der Waals surface area (Å²) >= 11 is 1.37. The lowest BCUT2D eigenvalue weighted by atomic mass is 10.0. The molecule has 0 aliphatic carbocycles. The van der Waals surface area contributed by atoms with Crippen LogP contribution in [-0.4, -0.2) is 12.5 Å². The molecule has 0 fully saturated rings. The van der Waals surface area contributed by atoms with Crippen LogP contribution in [0.15, 0.2) is 57.7 Å². The Morgan fingerprint density at radius 1 is 1.11 bits per heavy atom. The average Bonchev–Trinajstić information content (AvgIpc) is 3.14. The predicted octanol–water partition coefficient (Wildman–Crippen LogP) is 4.91. The molecule has 2 aromatic carbocycles. The number of fused-ring (bicyclic) bond motifs is 4. The highest BCUT2D eigenvalue weighted by molar-refractivity contribution is 7.21. The molecular weight excluding hydrogens is 358 g/mol. The summed E-state index contributed by atoms with van der Waals surface area (Å²) in [5, 5.41) is 1.36. The lowest BCUT2D eigenvalue weighted by Crippen LogP contribution is -2.34. The van der Waals surface area contributed by atoms with Crippen LogP contribution in [-0.2, 0) is 6.42 Å². The molecular formula is C22H17NO3S. The molecule has 3 heterocycles. The van der Waals surface area contributed by atoms with Gasteiger partial charge in [0.1, 0.15) is 5.58 Å². The van der Waals surface area contributed by atoms with Gasteiger partial charge < -0.3 is 9.32 Å². The third kappa shape index (κ3) is 2.58. The van der Waals surface area contributed by atoms with Crippen LogP contribution in [0, 0.1) is 6.92 Å². The SMILES string of the molecule is Cc1ccc2oc(=O)c3cc(C(=O)N4CCCc5ccccc54)sc3c2c1. The van der Waals surface area contributed by atoms with Crippen molar-refractivity contribution < 1.29 is 9.21 Å². The Balaban J connectivity index is 1.67. The van der Waals surface area contributed by atoms with E-state index in [4.69, 9.17) is 4.42 Å². The van der Waals surface area contributed by atoms with Gasteiger partial charge in [0, 0.05) is 17.6 Å². The van der Waals surface area contributed by atoms with Gasteiger partial charge in [0.25, 0.3) is 5.91 Å². The van der Waals surface area contributed by atoms with Crippen LogP contribution in [0.4, 0.5) is 5.69 Å². The second kappa shape index (κ2) is 6.06. The molecule has 0 N–H and O–H groups in total.